The predicted molar refractivity (Wildman–Crippen MR) is 93.7 cm³/mol. The monoisotopic (exact) mass is 355 g/mol. The van der Waals surface area contributed by atoms with Gasteiger partial charge in [-0.2, -0.15) is 5.10 Å². The normalized spacial score (nSPS) is 12.0. The number of benzene rings is 1. The number of aromatic nitrogens is 4. The minimum atomic E-state index is -0.604. The molecule has 26 heavy (non-hydrogen) atoms. The Balaban J connectivity index is 1.87. The van der Waals surface area contributed by atoms with Crippen LogP contribution in [0.15, 0.2) is 53.8 Å². The molecule has 0 saturated carbocycles. The first-order chi connectivity index (χ1) is 12.5. The van der Waals surface area contributed by atoms with Crippen molar-refractivity contribution in [2.45, 2.75) is 26.4 Å². The summed E-state index contributed by atoms with van der Waals surface area (Å²) >= 11 is 0. The van der Waals surface area contributed by atoms with E-state index in [1.54, 1.807) is 37.8 Å². The number of hydrogen-bond donors (Lipinski definition) is 1. The maximum absolute atomic E-state index is 14.1. The number of amides is 1. The number of halogens is 1. The predicted octanol–water partition coefficient (Wildman–Crippen LogP) is 1.70. The van der Waals surface area contributed by atoms with Gasteiger partial charge in [-0.1, -0.05) is 12.1 Å². The van der Waals surface area contributed by atoms with E-state index in [1.807, 2.05) is 11.5 Å². The number of hydrogen-bond acceptors (Lipinski definition) is 4. The first-order valence-corrected chi connectivity index (χ1v) is 8.08. The minimum absolute atomic E-state index is 0.172. The number of nitrogens with zero attached hydrogens (tertiary/aromatic N) is 4. The summed E-state index contributed by atoms with van der Waals surface area (Å²) in [5, 5.41) is 6.82. The van der Waals surface area contributed by atoms with E-state index in [2.05, 4.69) is 15.4 Å². The van der Waals surface area contributed by atoms with Crippen molar-refractivity contribution in [3.63, 3.8) is 0 Å². The zero-order valence-corrected chi connectivity index (χ0v) is 14.4. The lowest BCUT2D eigenvalue weighted by Crippen LogP contribution is -2.39. The largest absolute Gasteiger partial charge is 0.346 e. The number of imidazole rings is 1. The molecular weight excluding hydrogens is 337 g/mol. The number of carbonyl (C=O) groups excluding carboxylic acids is 1. The Morgan fingerprint density at radius 2 is 2.12 bits per heavy atom. The van der Waals surface area contributed by atoms with E-state index in [9.17, 15) is 14.0 Å². The summed E-state index contributed by atoms with van der Waals surface area (Å²) in [7, 11) is 0. The van der Waals surface area contributed by atoms with Gasteiger partial charge in [0.25, 0.3) is 5.91 Å². The Bertz CT molecular complexity index is 981. The molecule has 1 N–H and O–H groups in total. The first kappa shape index (κ1) is 17.5. The molecule has 0 aliphatic rings. The number of carbonyl (C=O) groups is 1. The van der Waals surface area contributed by atoms with Gasteiger partial charge in [-0.15, -0.1) is 0 Å². The van der Waals surface area contributed by atoms with Gasteiger partial charge in [-0.05, 0) is 26.0 Å². The van der Waals surface area contributed by atoms with Crippen LogP contribution in [0.4, 0.5) is 4.39 Å². The van der Waals surface area contributed by atoms with E-state index < -0.39 is 17.2 Å². The Kier molecular flexibility index (Phi) is 4.92. The van der Waals surface area contributed by atoms with Gasteiger partial charge in [0.1, 0.15) is 11.5 Å². The van der Waals surface area contributed by atoms with Crippen LogP contribution in [0.3, 0.4) is 0 Å². The maximum Gasteiger partial charge on any atom is 0.276 e. The third-order valence-corrected chi connectivity index (χ3v) is 3.82. The summed E-state index contributed by atoms with van der Waals surface area (Å²) in [4.78, 5) is 28.6. The van der Waals surface area contributed by atoms with Gasteiger partial charge >= 0.3 is 0 Å². The van der Waals surface area contributed by atoms with Crippen LogP contribution in [-0.2, 0) is 6.54 Å². The highest BCUT2D eigenvalue weighted by atomic mass is 19.1. The Morgan fingerprint density at radius 1 is 1.35 bits per heavy atom. The number of aryl methyl sites for hydroxylation is 1. The maximum atomic E-state index is 14.1. The van der Waals surface area contributed by atoms with Crippen molar-refractivity contribution in [2.24, 2.45) is 0 Å². The van der Waals surface area contributed by atoms with E-state index in [1.165, 1.54) is 22.9 Å². The molecule has 0 saturated heterocycles. The van der Waals surface area contributed by atoms with Gasteiger partial charge in [0.05, 0.1) is 6.33 Å². The lowest BCUT2D eigenvalue weighted by Gasteiger charge is -2.15. The topological polar surface area (TPSA) is 81.8 Å². The van der Waals surface area contributed by atoms with Gasteiger partial charge in [-0.3, -0.25) is 9.59 Å². The second-order valence-electron chi connectivity index (χ2n) is 6.00. The van der Waals surface area contributed by atoms with Crippen molar-refractivity contribution in [3.05, 3.63) is 76.5 Å². The van der Waals surface area contributed by atoms with E-state index in [0.29, 0.717) is 12.2 Å². The molecule has 0 radical (unpaired) electrons. The molecule has 7 nitrogen and oxygen atoms in total. The highest BCUT2D eigenvalue weighted by molar-refractivity contribution is 5.92. The highest BCUT2D eigenvalue weighted by Gasteiger charge is 2.18. The molecule has 3 aromatic rings. The second kappa shape index (κ2) is 7.30. The highest BCUT2D eigenvalue weighted by Crippen LogP contribution is 2.13. The fourth-order valence-corrected chi connectivity index (χ4v) is 2.62. The molecule has 2 aromatic heterocycles. The summed E-state index contributed by atoms with van der Waals surface area (Å²) < 4.78 is 17.1. The summed E-state index contributed by atoms with van der Waals surface area (Å²) in [5.41, 5.74) is -0.188. The van der Waals surface area contributed by atoms with Crippen molar-refractivity contribution in [2.75, 3.05) is 0 Å². The smallest absolute Gasteiger partial charge is 0.276 e. The Morgan fingerprint density at radius 3 is 2.81 bits per heavy atom. The zero-order valence-electron chi connectivity index (χ0n) is 14.4. The van der Waals surface area contributed by atoms with Crippen molar-refractivity contribution in [3.8, 4) is 5.69 Å². The summed E-state index contributed by atoms with van der Waals surface area (Å²) in [6, 6.07) is 7.06. The Labute approximate surface area is 149 Å². The molecule has 8 heteroatoms. The zero-order chi connectivity index (χ0) is 18.7. The third-order valence-electron chi connectivity index (χ3n) is 3.82. The molecule has 3 rings (SSSR count). The molecule has 0 fully saturated rings. The van der Waals surface area contributed by atoms with Crippen LogP contribution in [0.2, 0.25) is 0 Å². The summed E-state index contributed by atoms with van der Waals surface area (Å²) in [5.74, 6) is -1.10. The first-order valence-electron chi connectivity index (χ1n) is 8.08. The van der Waals surface area contributed by atoms with Crippen LogP contribution in [0.1, 0.15) is 23.1 Å². The lowest BCUT2D eigenvalue weighted by molar-refractivity contribution is 0.0928. The van der Waals surface area contributed by atoms with Crippen LogP contribution >= 0.6 is 0 Å². The SMILES string of the molecule is Cc1cc(=O)c(C(=O)NC(C)Cn2ccnc2)nn1-c1ccccc1F. The van der Waals surface area contributed by atoms with Gasteiger partial charge in [-0.25, -0.2) is 14.1 Å². The van der Waals surface area contributed by atoms with E-state index in [0.717, 1.165) is 0 Å². The molecule has 0 spiro atoms. The van der Waals surface area contributed by atoms with Crippen molar-refractivity contribution < 1.29 is 9.18 Å². The fraction of sp³-hybridized carbons (Fsp3) is 0.222. The van der Waals surface area contributed by atoms with Gasteiger partial charge in [0, 0.05) is 36.7 Å². The van der Waals surface area contributed by atoms with Crippen LogP contribution in [-0.4, -0.2) is 31.3 Å². The molecule has 134 valence electrons. The van der Waals surface area contributed by atoms with E-state index >= 15 is 0 Å². The average Bonchev–Trinajstić information content (AvgIpc) is 3.08. The van der Waals surface area contributed by atoms with Crippen LogP contribution in [0, 0.1) is 12.7 Å². The molecule has 2 heterocycles. The van der Waals surface area contributed by atoms with Crippen molar-refractivity contribution in [1.82, 2.24) is 24.6 Å². The van der Waals surface area contributed by atoms with Gasteiger partial charge in [0.2, 0.25) is 5.43 Å². The molecule has 0 aliphatic carbocycles. The number of nitrogens with one attached hydrogen (secondary N) is 1. The average molecular weight is 355 g/mol. The van der Waals surface area contributed by atoms with Crippen molar-refractivity contribution in [1.29, 1.82) is 0 Å². The number of rotatable bonds is 5. The fourth-order valence-electron chi connectivity index (χ4n) is 2.62. The molecule has 1 aromatic carbocycles. The van der Waals surface area contributed by atoms with E-state index in [4.69, 9.17) is 0 Å². The van der Waals surface area contributed by atoms with Crippen LogP contribution in [0.5, 0.6) is 0 Å². The van der Waals surface area contributed by atoms with E-state index in [-0.39, 0.29) is 17.4 Å². The van der Waals surface area contributed by atoms with Gasteiger partial charge in [0.15, 0.2) is 5.69 Å². The quantitative estimate of drug-likeness (QED) is 0.755. The molecule has 1 unspecified atom stereocenters. The third kappa shape index (κ3) is 3.69. The Hall–Kier alpha value is -3.29. The van der Waals surface area contributed by atoms with Gasteiger partial charge < -0.3 is 9.88 Å². The molecule has 0 aliphatic heterocycles. The molecule has 1 atom stereocenters. The molecule has 1 amide bonds. The lowest BCUT2D eigenvalue weighted by atomic mass is 10.2. The van der Waals surface area contributed by atoms with Crippen LogP contribution in [0.25, 0.3) is 5.69 Å². The molecule has 0 bridgehead atoms. The second-order valence-corrected chi connectivity index (χ2v) is 6.00. The minimum Gasteiger partial charge on any atom is -0.346 e. The van der Waals surface area contributed by atoms with Crippen molar-refractivity contribution >= 4 is 5.91 Å². The summed E-state index contributed by atoms with van der Waals surface area (Å²) in [6.07, 6.45) is 5.05. The standard InChI is InChI=1S/C18H18FN5O2/c1-12(10-23-8-7-20-11-23)21-18(26)17-16(25)9-13(2)24(22-17)15-6-4-3-5-14(15)19/h3-9,11-12H,10H2,1-2H3,(H,21,26). The number of para-hydroxylation sites is 1. The summed E-state index contributed by atoms with van der Waals surface area (Å²) in [6.45, 7) is 3.94. The van der Waals surface area contributed by atoms with Crippen LogP contribution < -0.4 is 10.7 Å². The molecular formula is C18H18FN5O2.